The average molecular weight is 270 g/mol. The van der Waals surface area contributed by atoms with E-state index < -0.39 is 11.3 Å². The van der Waals surface area contributed by atoms with E-state index in [0.717, 1.165) is 0 Å². The van der Waals surface area contributed by atoms with E-state index in [9.17, 15) is 0 Å². The standard InChI is InChI=1S/H3NO2S.Os/c1-4(2)3;/h1H2,(H,2,3);/q;+2/p-1. The maximum atomic E-state index is 8.78. The van der Waals surface area contributed by atoms with E-state index in [4.69, 9.17) is 8.76 Å². The van der Waals surface area contributed by atoms with Crippen molar-refractivity contribution in [1.29, 1.82) is 0 Å². The largest absolute Gasteiger partial charge is 2.00 e. The van der Waals surface area contributed by atoms with Crippen molar-refractivity contribution >= 4 is 11.3 Å². The van der Waals surface area contributed by atoms with Gasteiger partial charge in [-0.05, 0) is 0 Å². The molecule has 0 aromatic carbocycles. The summed E-state index contributed by atoms with van der Waals surface area (Å²) >= 11 is -2.36. The molecule has 0 fully saturated rings. The van der Waals surface area contributed by atoms with E-state index in [1.165, 1.54) is 0 Å². The van der Waals surface area contributed by atoms with Gasteiger partial charge >= 0.3 is 19.8 Å². The molecular formula is H2NO2OsS+. The third-order valence-electron chi connectivity index (χ3n) is 0. The second-order valence-electron chi connectivity index (χ2n) is 0.260. The Bertz CT molecular complexity index is 32.6. The van der Waals surface area contributed by atoms with Gasteiger partial charge in [-0.3, -0.25) is 9.35 Å². The van der Waals surface area contributed by atoms with E-state index in [1.807, 2.05) is 0 Å². The molecule has 0 heterocycles. The van der Waals surface area contributed by atoms with Gasteiger partial charge in [-0.25, -0.2) is 0 Å². The first kappa shape index (κ1) is 9.20. The van der Waals surface area contributed by atoms with Crippen molar-refractivity contribution in [3.05, 3.63) is 0 Å². The number of nitrogens with two attached hydrogens (primary N) is 1. The van der Waals surface area contributed by atoms with Crippen molar-refractivity contribution in [2.75, 3.05) is 0 Å². The molecule has 0 aliphatic carbocycles. The molecule has 0 saturated carbocycles. The van der Waals surface area contributed by atoms with Gasteiger partial charge in [-0.1, -0.05) is 0 Å². The summed E-state index contributed by atoms with van der Waals surface area (Å²) < 4.78 is 17.6. The molecule has 5 heteroatoms. The van der Waals surface area contributed by atoms with Crippen molar-refractivity contribution in [2.24, 2.45) is 5.14 Å². The molecule has 0 saturated heterocycles. The van der Waals surface area contributed by atoms with Gasteiger partial charge in [0.1, 0.15) is 0 Å². The van der Waals surface area contributed by atoms with Crippen LogP contribution in [0.15, 0.2) is 0 Å². The van der Waals surface area contributed by atoms with Crippen LogP contribution in [0.1, 0.15) is 0 Å². The van der Waals surface area contributed by atoms with Crippen LogP contribution in [0, 0.1) is 0 Å². The Morgan fingerprint density at radius 2 is 1.80 bits per heavy atom. The summed E-state index contributed by atoms with van der Waals surface area (Å²) in [7, 11) is 0. The van der Waals surface area contributed by atoms with Crippen LogP contribution in [0.5, 0.6) is 0 Å². The van der Waals surface area contributed by atoms with Crippen LogP contribution in [-0.2, 0) is 31.1 Å². The summed E-state index contributed by atoms with van der Waals surface area (Å²) in [4.78, 5) is 0. The molecule has 0 aliphatic rings. The topological polar surface area (TPSA) is 66.2 Å². The summed E-state index contributed by atoms with van der Waals surface area (Å²) in [5.74, 6) is 0. The van der Waals surface area contributed by atoms with Gasteiger partial charge < -0.3 is 4.55 Å². The van der Waals surface area contributed by atoms with Crippen molar-refractivity contribution in [3.8, 4) is 0 Å². The van der Waals surface area contributed by atoms with E-state index in [2.05, 4.69) is 5.14 Å². The predicted molar refractivity (Wildman–Crippen MR) is 13.1 cm³/mol. The molecule has 0 spiro atoms. The Morgan fingerprint density at radius 1 is 1.80 bits per heavy atom. The maximum Gasteiger partial charge on any atom is 2.00 e. The normalized spacial score (nSPS) is 12.4. The van der Waals surface area contributed by atoms with E-state index >= 15 is 0 Å². The molecule has 2 N–H and O–H groups in total. The zero-order valence-corrected chi connectivity index (χ0v) is 5.51. The monoisotopic (exact) mass is 272 g/mol. The van der Waals surface area contributed by atoms with Gasteiger partial charge in [0.15, 0.2) is 0 Å². The molecule has 0 aromatic heterocycles. The first-order chi connectivity index (χ1) is 1.73. The van der Waals surface area contributed by atoms with Crippen LogP contribution in [0.4, 0.5) is 0 Å². The van der Waals surface area contributed by atoms with Gasteiger partial charge in [0.2, 0.25) is 0 Å². The minimum absolute atomic E-state index is 0. The molecule has 0 radical (unpaired) electrons. The first-order valence-electron chi connectivity index (χ1n) is 0.569. The van der Waals surface area contributed by atoms with Crippen molar-refractivity contribution in [1.82, 2.24) is 0 Å². The molecule has 3 nitrogen and oxygen atoms in total. The van der Waals surface area contributed by atoms with Gasteiger partial charge in [0, 0.05) is 11.3 Å². The quantitative estimate of drug-likeness (QED) is 0.558. The number of rotatable bonds is 0. The molecule has 1 unspecified atom stereocenters. The van der Waals surface area contributed by atoms with Crippen molar-refractivity contribution in [2.45, 2.75) is 0 Å². The Hall–Kier alpha value is 0.706. The molecule has 0 bridgehead atoms. The van der Waals surface area contributed by atoms with E-state index in [-0.39, 0.29) is 19.8 Å². The second-order valence-corrected chi connectivity index (χ2v) is 0.781. The summed E-state index contributed by atoms with van der Waals surface area (Å²) in [6.07, 6.45) is 0. The van der Waals surface area contributed by atoms with Crippen molar-refractivity contribution in [3.63, 3.8) is 0 Å². The summed E-state index contributed by atoms with van der Waals surface area (Å²) in [6, 6.07) is 0. The van der Waals surface area contributed by atoms with Gasteiger partial charge in [0.05, 0.1) is 0 Å². The van der Waals surface area contributed by atoms with Crippen molar-refractivity contribution < 1.29 is 28.6 Å². The molecular weight excluding hydrogens is 268 g/mol. The van der Waals surface area contributed by atoms with Crippen LogP contribution in [0.25, 0.3) is 0 Å². The molecule has 0 aliphatic heterocycles. The SMILES string of the molecule is NS(=O)[O-].[Os+2]. The Morgan fingerprint density at radius 3 is 1.80 bits per heavy atom. The molecule has 32 valence electrons. The minimum atomic E-state index is -2.36. The van der Waals surface area contributed by atoms with E-state index in [0.29, 0.717) is 0 Å². The maximum absolute atomic E-state index is 8.78. The second kappa shape index (κ2) is 4.71. The van der Waals surface area contributed by atoms with Gasteiger partial charge in [0.25, 0.3) is 0 Å². The summed E-state index contributed by atoms with van der Waals surface area (Å²) in [6.45, 7) is 0. The molecule has 1 atom stereocenters. The Labute approximate surface area is 45.4 Å². The first-order valence-corrected chi connectivity index (χ1v) is 1.71. The van der Waals surface area contributed by atoms with Crippen LogP contribution < -0.4 is 5.14 Å². The molecule has 0 amide bonds. The number of hydrogen-bond donors (Lipinski definition) is 1. The fourth-order valence-corrected chi connectivity index (χ4v) is 0. The Balaban J connectivity index is 0. The average Bonchev–Trinajstić information content (AvgIpc) is 0.811. The van der Waals surface area contributed by atoms with Crippen LogP contribution in [0.2, 0.25) is 0 Å². The smallest absolute Gasteiger partial charge is 0.760 e. The van der Waals surface area contributed by atoms with Crippen LogP contribution in [-0.4, -0.2) is 8.76 Å². The fraction of sp³-hybridized carbons (Fsp3) is 0. The third-order valence-corrected chi connectivity index (χ3v) is 0. The third kappa shape index (κ3) is 69.1. The zero-order chi connectivity index (χ0) is 3.58. The minimum Gasteiger partial charge on any atom is -0.760 e. The predicted octanol–water partition coefficient (Wildman–Crippen LogP) is -1.26. The zero-order valence-electron chi connectivity index (χ0n) is 2.16. The summed E-state index contributed by atoms with van der Waals surface area (Å²) in [5.41, 5.74) is 0. The van der Waals surface area contributed by atoms with Gasteiger partial charge in [-0.2, -0.15) is 0 Å². The van der Waals surface area contributed by atoms with Gasteiger partial charge in [-0.15, -0.1) is 0 Å². The Kier molecular flexibility index (Phi) is 8.66. The molecule has 0 aromatic rings. The summed E-state index contributed by atoms with van der Waals surface area (Å²) in [5, 5.41) is 4.03. The molecule has 0 rings (SSSR count). The van der Waals surface area contributed by atoms with Crippen LogP contribution >= 0.6 is 0 Å². The number of hydrogen-bond acceptors (Lipinski definition) is 2. The fourth-order valence-electron chi connectivity index (χ4n) is 0. The molecule has 5 heavy (non-hydrogen) atoms. The van der Waals surface area contributed by atoms with E-state index in [1.54, 1.807) is 0 Å². The van der Waals surface area contributed by atoms with Crippen LogP contribution in [0.3, 0.4) is 0 Å².